The predicted octanol–water partition coefficient (Wildman–Crippen LogP) is 5.41. The van der Waals surface area contributed by atoms with Crippen molar-refractivity contribution in [3.8, 4) is 0 Å². The fourth-order valence-corrected chi connectivity index (χ4v) is 8.31. The van der Waals surface area contributed by atoms with Crippen molar-refractivity contribution in [1.82, 2.24) is 0 Å². The number of thioether (sulfide) groups is 3. The van der Waals surface area contributed by atoms with Crippen molar-refractivity contribution in [3.05, 3.63) is 68.6 Å². The van der Waals surface area contributed by atoms with Gasteiger partial charge in [-0.3, -0.25) is 9.59 Å². The van der Waals surface area contributed by atoms with Crippen LogP contribution in [0.15, 0.2) is 68.6 Å². The molecule has 140 valence electrons. The van der Waals surface area contributed by atoms with E-state index in [0.29, 0.717) is 0 Å². The standard InChI is InChI=1S/C22H22O2S3/c1-13(23)5-7-15-9-19-17-11-25-12-18(17)20-10-16(8-6-14(2)24)27-22(20,4)21(19,3)26-15/h5-10H,11-12H2,1-4H3/b7-5-,8-6+. The lowest BCUT2D eigenvalue weighted by molar-refractivity contribution is -0.113. The van der Waals surface area contributed by atoms with Gasteiger partial charge in [0.05, 0.1) is 9.49 Å². The van der Waals surface area contributed by atoms with Gasteiger partial charge in [-0.1, -0.05) is 0 Å². The van der Waals surface area contributed by atoms with Gasteiger partial charge >= 0.3 is 0 Å². The minimum atomic E-state index is -0.0878. The lowest BCUT2D eigenvalue weighted by Crippen LogP contribution is -2.47. The molecule has 1 aliphatic carbocycles. The van der Waals surface area contributed by atoms with Crippen molar-refractivity contribution in [2.45, 2.75) is 37.2 Å². The van der Waals surface area contributed by atoms with Crippen LogP contribution in [0.4, 0.5) is 0 Å². The monoisotopic (exact) mass is 414 g/mol. The molecule has 3 heterocycles. The summed E-state index contributed by atoms with van der Waals surface area (Å²) >= 11 is 5.71. The molecular formula is C22H22O2S3. The molecule has 4 rings (SSSR count). The molecule has 0 radical (unpaired) electrons. The maximum Gasteiger partial charge on any atom is 0.152 e. The van der Waals surface area contributed by atoms with Crippen LogP contribution < -0.4 is 0 Å². The summed E-state index contributed by atoms with van der Waals surface area (Å²) in [6.07, 6.45) is 11.8. The Kier molecular flexibility index (Phi) is 4.76. The molecule has 0 aromatic heterocycles. The number of hydrogen-bond donors (Lipinski definition) is 0. The Bertz CT molecular complexity index is 869. The van der Waals surface area contributed by atoms with E-state index in [1.807, 2.05) is 47.4 Å². The molecule has 1 fully saturated rings. The highest BCUT2D eigenvalue weighted by Gasteiger charge is 2.58. The lowest BCUT2D eigenvalue weighted by Gasteiger charge is -2.46. The Labute approximate surface area is 173 Å². The first-order valence-electron chi connectivity index (χ1n) is 8.99. The Balaban J connectivity index is 1.81. The number of fused-ring (bicyclic) bond motifs is 4. The van der Waals surface area contributed by atoms with Crippen molar-refractivity contribution in [2.75, 3.05) is 11.5 Å². The zero-order valence-electron chi connectivity index (χ0n) is 15.9. The fourth-order valence-electron chi connectivity index (χ4n) is 4.13. The van der Waals surface area contributed by atoms with E-state index in [1.54, 1.807) is 26.0 Å². The average molecular weight is 415 g/mol. The van der Waals surface area contributed by atoms with E-state index in [2.05, 4.69) is 26.0 Å². The van der Waals surface area contributed by atoms with Gasteiger partial charge in [0.2, 0.25) is 0 Å². The Morgan fingerprint density at radius 1 is 0.852 bits per heavy atom. The van der Waals surface area contributed by atoms with Crippen LogP contribution in [-0.2, 0) is 9.59 Å². The number of carbonyl (C=O) groups excluding carboxylic acids is 2. The van der Waals surface area contributed by atoms with Gasteiger partial charge in [-0.15, -0.1) is 23.5 Å². The van der Waals surface area contributed by atoms with Gasteiger partial charge in [0, 0.05) is 21.3 Å². The van der Waals surface area contributed by atoms with Crippen LogP contribution in [0.3, 0.4) is 0 Å². The summed E-state index contributed by atoms with van der Waals surface area (Å²) in [6.45, 7) is 7.85. The van der Waals surface area contributed by atoms with Crippen LogP contribution in [0, 0.1) is 0 Å². The van der Waals surface area contributed by atoms with Gasteiger partial charge in [0.15, 0.2) is 11.6 Å². The first kappa shape index (κ1) is 19.2. The van der Waals surface area contributed by atoms with Crippen LogP contribution in [0.25, 0.3) is 0 Å². The summed E-state index contributed by atoms with van der Waals surface area (Å²) in [4.78, 5) is 25.1. The second-order valence-corrected chi connectivity index (χ2v) is 11.5. The topological polar surface area (TPSA) is 34.1 Å². The zero-order valence-corrected chi connectivity index (χ0v) is 18.4. The minimum absolute atomic E-state index is 0.0740. The molecule has 0 saturated carbocycles. The Morgan fingerprint density at radius 3 is 1.63 bits per heavy atom. The zero-order chi connectivity index (χ0) is 19.4. The third-order valence-electron chi connectivity index (χ3n) is 5.63. The summed E-state index contributed by atoms with van der Waals surface area (Å²) in [6, 6.07) is 0. The quantitative estimate of drug-likeness (QED) is 0.575. The molecule has 0 amide bonds. The number of allylic oxidation sites excluding steroid dienone is 6. The van der Waals surface area contributed by atoms with Crippen molar-refractivity contribution in [3.63, 3.8) is 0 Å². The van der Waals surface area contributed by atoms with Gasteiger partial charge in [-0.25, -0.2) is 0 Å². The maximum absolute atomic E-state index is 11.4. The minimum Gasteiger partial charge on any atom is -0.295 e. The first-order chi connectivity index (χ1) is 12.7. The third kappa shape index (κ3) is 2.99. The van der Waals surface area contributed by atoms with Gasteiger partial charge in [0.1, 0.15) is 0 Å². The molecule has 0 aromatic carbocycles. The molecule has 0 aromatic rings. The van der Waals surface area contributed by atoms with Crippen molar-refractivity contribution < 1.29 is 9.59 Å². The highest BCUT2D eigenvalue weighted by atomic mass is 32.2. The molecule has 0 bridgehead atoms. The summed E-state index contributed by atoms with van der Waals surface area (Å²) in [5.74, 6) is 2.25. The van der Waals surface area contributed by atoms with Crippen molar-refractivity contribution in [1.29, 1.82) is 0 Å². The lowest BCUT2D eigenvalue weighted by atomic mass is 9.72. The highest BCUT2D eigenvalue weighted by molar-refractivity contribution is 8.09. The van der Waals surface area contributed by atoms with E-state index in [1.165, 1.54) is 22.3 Å². The first-order valence-corrected chi connectivity index (χ1v) is 11.8. The Hall–Kier alpha value is -1.17. The predicted molar refractivity (Wildman–Crippen MR) is 119 cm³/mol. The number of carbonyl (C=O) groups is 2. The molecule has 3 aliphatic heterocycles. The molecule has 27 heavy (non-hydrogen) atoms. The van der Waals surface area contributed by atoms with Crippen LogP contribution in [0.5, 0.6) is 0 Å². The largest absolute Gasteiger partial charge is 0.295 e. The third-order valence-corrected chi connectivity index (χ3v) is 9.79. The highest BCUT2D eigenvalue weighted by Crippen LogP contribution is 2.67. The molecule has 5 heteroatoms. The second-order valence-electron chi connectivity index (χ2n) is 7.53. The van der Waals surface area contributed by atoms with E-state index in [4.69, 9.17) is 0 Å². The van der Waals surface area contributed by atoms with Gasteiger partial charge in [-0.2, -0.15) is 11.8 Å². The van der Waals surface area contributed by atoms with Crippen LogP contribution in [0.2, 0.25) is 0 Å². The maximum atomic E-state index is 11.4. The number of rotatable bonds is 4. The van der Waals surface area contributed by atoms with E-state index >= 15 is 0 Å². The molecule has 2 nitrogen and oxygen atoms in total. The normalized spacial score (nSPS) is 32.1. The second kappa shape index (κ2) is 6.71. The molecule has 1 saturated heterocycles. The van der Waals surface area contributed by atoms with Gasteiger partial charge in [-0.05, 0) is 86.4 Å². The van der Waals surface area contributed by atoms with Crippen LogP contribution in [0.1, 0.15) is 27.7 Å². The average Bonchev–Trinajstić information content (AvgIpc) is 3.26. The molecule has 2 atom stereocenters. The van der Waals surface area contributed by atoms with Crippen LogP contribution in [-0.4, -0.2) is 32.6 Å². The molecule has 4 aliphatic rings. The SMILES string of the molecule is CC(=O)/C=C\C1=CC2=C3CSCC3=C3C=C(/C=C/C(C)=O)SC3(C)C2(C)S1. The fraction of sp³-hybridized carbons (Fsp3) is 0.364. The smallest absolute Gasteiger partial charge is 0.152 e. The summed E-state index contributed by atoms with van der Waals surface area (Å²) in [5, 5.41) is 0. The van der Waals surface area contributed by atoms with E-state index in [0.717, 1.165) is 21.3 Å². The summed E-state index contributed by atoms with van der Waals surface area (Å²) in [5.41, 5.74) is 5.78. The van der Waals surface area contributed by atoms with E-state index in [-0.39, 0.29) is 21.1 Å². The molecule has 0 N–H and O–H groups in total. The van der Waals surface area contributed by atoms with Gasteiger partial charge < -0.3 is 0 Å². The van der Waals surface area contributed by atoms with Crippen molar-refractivity contribution in [2.24, 2.45) is 0 Å². The van der Waals surface area contributed by atoms with E-state index < -0.39 is 0 Å². The molecule has 2 unspecified atom stereocenters. The Morgan fingerprint density at radius 2 is 1.26 bits per heavy atom. The number of ketones is 2. The molecular weight excluding hydrogens is 392 g/mol. The summed E-state index contributed by atoms with van der Waals surface area (Å²) in [7, 11) is 0. The van der Waals surface area contributed by atoms with E-state index in [9.17, 15) is 9.59 Å². The van der Waals surface area contributed by atoms with Crippen LogP contribution >= 0.6 is 35.3 Å². The van der Waals surface area contributed by atoms with Gasteiger partial charge in [0.25, 0.3) is 0 Å². The van der Waals surface area contributed by atoms with Crippen molar-refractivity contribution >= 4 is 46.9 Å². The number of hydrogen-bond acceptors (Lipinski definition) is 5. The summed E-state index contributed by atoms with van der Waals surface area (Å²) < 4.78 is -0.176. The molecule has 0 spiro atoms.